The van der Waals surface area contributed by atoms with Crippen LogP contribution in [0.5, 0.6) is 11.5 Å². The average molecular weight is 512 g/mol. The SMILES string of the molecule is Clc1ccc2c(c1)OCc1cccnc1C2Cl.O=C1c2ccc(Cl)cc2OCc2cccnc21. The lowest BCUT2D eigenvalue weighted by molar-refractivity contribution is 0.103. The second-order valence-electron chi connectivity index (χ2n) is 7.65. The molecule has 0 saturated heterocycles. The maximum Gasteiger partial charge on any atom is 0.215 e. The fraction of sp³-hybridized carbons (Fsp3) is 0.115. The Morgan fingerprint density at radius 2 is 1.44 bits per heavy atom. The topological polar surface area (TPSA) is 61.3 Å². The minimum Gasteiger partial charge on any atom is -0.488 e. The van der Waals surface area contributed by atoms with Gasteiger partial charge < -0.3 is 9.47 Å². The smallest absolute Gasteiger partial charge is 0.215 e. The number of pyridine rings is 2. The molecule has 170 valence electrons. The van der Waals surface area contributed by atoms with Crippen molar-refractivity contribution >= 4 is 40.6 Å². The molecule has 1 unspecified atom stereocenters. The zero-order valence-corrected chi connectivity index (χ0v) is 19.9. The Morgan fingerprint density at radius 3 is 2.26 bits per heavy atom. The summed E-state index contributed by atoms with van der Waals surface area (Å²) in [6.45, 7) is 0.808. The molecule has 2 aromatic carbocycles. The maximum atomic E-state index is 12.3. The Bertz CT molecular complexity index is 1390. The second kappa shape index (κ2) is 9.63. The number of rotatable bonds is 0. The lowest BCUT2D eigenvalue weighted by atomic mass is 10.0. The van der Waals surface area contributed by atoms with Gasteiger partial charge in [-0.1, -0.05) is 41.4 Å². The molecule has 1 atom stereocenters. The van der Waals surface area contributed by atoms with E-state index in [1.54, 1.807) is 42.7 Å². The number of carbonyl (C=O) groups excluding carboxylic acids is 1. The van der Waals surface area contributed by atoms with E-state index < -0.39 is 0 Å². The van der Waals surface area contributed by atoms with Gasteiger partial charge in [0, 0.05) is 39.1 Å². The molecule has 34 heavy (non-hydrogen) atoms. The molecule has 2 aromatic heterocycles. The number of hydrogen-bond acceptors (Lipinski definition) is 5. The largest absolute Gasteiger partial charge is 0.488 e. The molecule has 0 saturated carbocycles. The van der Waals surface area contributed by atoms with Gasteiger partial charge in [0.15, 0.2) is 0 Å². The Morgan fingerprint density at radius 1 is 0.794 bits per heavy atom. The minimum absolute atomic E-state index is 0.121. The summed E-state index contributed by atoms with van der Waals surface area (Å²) in [5.74, 6) is 1.13. The Hall–Kier alpha value is -3.12. The molecular formula is C26H17Cl3N2O3. The summed E-state index contributed by atoms with van der Waals surface area (Å²) in [6.07, 6.45) is 3.35. The number of ketones is 1. The number of ether oxygens (including phenoxy) is 2. The van der Waals surface area contributed by atoms with Crippen molar-refractivity contribution in [3.63, 3.8) is 0 Å². The first kappa shape index (κ1) is 22.7. The lowest BCUT2D eigenvalue weighted by Crippen LogP contribution is -2.05. The predicted octanol–water partition coefficient (Wildman–Crippen LogP) is 6.81. The van der Waals surface area contributed by atoms with Crippen molar-refractivity contribution in [1.29, 1.82) is 0 Å². The Kier molecular flexibility index (Phi) is 6.42. The quantitative estimate of drug-likeness (QED) is 0.243. The van der Waals surface area contributed by atoms with E-state index in [1.807, 2.05) is 30.3 Å². The normalized spacial score (nSPS) is 15.5. The summed E-state index contributed by atoms with van der Waals surface area (Å²) in [6, 6.07) is 18.0. The first-order valence-electron chi connectivity index (χ1n) is 10.4. The summed E-state index contributed by atoms with van der Waals surface area (Å²) in [7, 11) is 0. The highest BCUT2D eigenvalue weighted by atomic mass is 35.5. The van der Waals surface area contributed by atoms with Crippen LogP contribution in [0.2, 0.25) is 10.0 Å². The molecule has 0 N–H and O–H groups in total. The van der Waals surface area contributed by atoms with E-state index >= 15 is 0 Å². The van der Waals surface area contributed by atoms with Gasteiger partial charge in [-0.15, -0.1) is 11.6 Å². The third kappa shape index (κ3) is 4.47. The van der Waals surface area contributed by atoms with Crippen molar-refractivity contribution in [3.8, 4) is 11.5 Å². The van der Waals surface area contributed by atoms with Crippen LogP contribution >= 0.6 is 34.8 Å². The number of benzene rings is 2. The highest BCUT2D eigenvalue weighted by molar-refractivity contribution is 6.31. The molecule has 5 nitrogen and oxygen atoms in total. The fourth-order valence-electron chi connectivity index (χ4n) is 3.79. The number of hydrogen-bond donors (Lipinski definition) is 0. The van der Waals surface area contributed by atoms with E-state index in [0.29, 0.717) is 40.3 Å². The van der Waals surface area contributed by atoms with E-state index in [2.05, 4.69) is 9.97 Å². The van der Waals surface area contributed by atoms with Crippen LogP contribution in [-0.4, -0.2) is 15.8 Å². The Balaban J connectivity index is 0.000000142. The second-order valence-corrected chi connectivity index (χ2v) is 8.96. The van der Waals surface area contributed by atoms with Gasteiger partial charge in [0.25, 0.3) is 0 Å². The monoisotopic (exact) mass is 510 g/mol. The summed E-state index contributed by atoms with van der Waals surface area (Å²) >= 11 is 18.3. The van der Waals surface area contributed by atoms with Crippen LogP contribution in [0.4, 0.5) is 0 Å². The van der Waals surface area contributed by atoms with Crippen molar-refractivity contribution in [2.24, 2.45) is 0 Å². The standard InChI is InChI=1S/C13H9Cl2NO.C13H8ClNO2/c14-9-3-4-10-11(6-9)17-7-8-2-1-5-16-13(8)12(10)15;14-9-3-4-10-11(6-9)17-7-8-2-1-5-15-12(8)13(10)16/h1-6,12H,7H2;1-6H,7H2. The van der Waals surface area contributed by atoms with Crippen molar-refractivity contribution in [3.05, 3.63) is 117 Å². The van der Waals surface area contributed by atoms with Gasteiger partial charge in [0.1, 0.15) is 35.8 Å². The van der Waals surface area contributed by atoms with E-state index in [1.165, 1.54) is 0 Å². The fourth-order valence-corrected chi connectivity index (χ4v) is 4.49. The van der Waals surface area contributed by atoms with Gasteiger partial charge in [-0.25, -0.2) is 0 Å². The van der Waals surface area contributed by atoms with Gasteiger partial charge in [-0.3, -0.25) is 14.8 Å². The van der Waals surface area contributed by atoms with Gasteiger partial charge in [0.2, 0.25) is 5.78 Å². The minimum atomic E-state index is -0.291. The molecule has 2 aliphatic heterocycles. The highest BCUT2D eigenvalue weighted by Crippen LogP contribution is 2.39. The van der Waals surface area contributed by atoms with Crippen LogP contribution in [-0.2, 0) is 13.2 Å². The van der Waals surface area contributed by atoms with E-state index in [0.717, 1.165) is 28.1 Å². The number of halogens is 3. The van der Waals surface area contributed by atoms with Crippen molar-refractivity contribution < 1.29 is 14.3 Å². The van der Waals surface area contributed by atoms with Crippen LogP contribution in [0.3, 0.4) is 0 Å². The highest BCUT2D eigenvalue weighted by Gasteiger charge is 2.24. The number of aromatic nitrogens is 2. The van der Waals surface area contributed by atoms with E-state index in [9.17, 15) is 4.79 Å². The van der Waals surface area contributed by atoms with Crippen LogP contribution < -0.4 is 9.47 Å². The maximum absolute atomic E-state index is 12.3. The Labute approximate surface area is 211 Å². The van der Waals surface area contributed by atoms with Crippen molar-refractivity contribution in [2.75, 3.05) is 0 Å². The summed E-state index contributed by atoms with van der Waals surface area (Å²) in [5, 5.41) is 0.906. The molecule has 0 fully saturated rings. The molecule has 2 aliphatic rings. The number of nitrogens with zero attached hydrogens (tertiary/aromatic N) is 2. The van der Waals surface area contributed by atoms with Crippen LogP contribution in [0.25, 0.3) is 0 Å². The predicted molar refractivity (Wildman–Crippen MR) is 131 cm³/mol. The number of carbonyl (C=O) groups is 1. The molecule has 6 rings (SSSR count). The molecule has 0 amide bonds. The molecule has 4 aromatic rings. The first-order chi connectivity index (χ1) is 16.5. The number of alkyl halides is 1. The molecule has 4 heterocycles. The zero-order chi connectivity index (χ0) is 23.7. The van der Waals surface area contributed by atoms with Crippen LogP contribution in [0.1, 0.15) is 43.8 Å². The first-order valence-corrected chi connectivity index (χ1v) is 11.6. The molecule has 0 bridgehead atoms. The summed E-state index contributed by atoms with van der Waals surface area (Å²) in [4.78, 5) is 20.7. The third-order valence-corrected chi connectivity index (χ3v) is 6.39. The van der Waals surface area contributed by atoms with Gasteiger partial charge in [-0.2, -0.15) is 0 Å². The van der Waals surface area contributed by atoms with Crippen LogP contribution in [0, 0.1) is 0 Å². The van der Waals surface area contributed by atoms with Gasteiger partial charge in [0.05, 0.1) is 11.3 Å². The van der Waals surface area contributed by atoms with Gasteiger partial charge in [-0.05, 0) is 42.5 Å². The van der Waals surface area contributed by atoms with Crippen LogP contribution in [0.15, 0.2) is 73.1 Å². The lowest BCUT2D eigenvalue weighted by Gasteiger charge is -2.10. The zero-order valence-electron chi connectivity index (χ0n) is 17.7. The van der Waals surface area contributed by atoms with E-state index in [4.69, 9.17) is 44.3 Å². The van der Waals surface area contributed by atoms with Crippen molar-refractivity contribution in [2.45, 2.75) is 18.6 Å². The molecular weight excluding hydrogens is 495 g/mol. The molecule has 0 radical (unpaired) electrons. The molecule has 0 aliphatic carbocycles. The van der Waals surface area contributed by atoms with E-state index in [-0.39, 0.29) is 11.2 Å². The average Bonchev–Trinajstić information content (AvgIpc) is 3.08. The van der Waals surface area contributed by atoms with Crippen molar-refractivity contribution in [1.82, 2.24) is 9.97 Å². The number of fused-ring (bicyclic) bond motifs is 4. The summed E-state index contributed by atoms with van der Waals surface area (Å²) in [5.41, 5.74) is 4.54. The van der Waals surface area contributed by atoms with Gasteiger partial charge >= 0.3 is 0 Å². The third-order valence-electron chi connectivity index (χ3n) is 5.48. The summed E-state index contributed by atoms with van der Waals surface area (Å²) < 4.78 is 11.3. The molecule has 8 heteroatoms. The molecule has 0 spiro atoms.